The van der Waals surface area contributed by atoms with Crippen LogP contribution in [-0.4, -0.2) is 17.1 Å². The topological polar surface area (TPSA) is 42.1 Å². The Hall–Kier alpha value is -1.87. The fraction of sp³-hybridized carbons (Fsp3) is 0.353. The summed E-state index contributed by atoms with van der Waals surface area (Å²) in [5.41, 5.74) is 8.87. The number of anilines is 1. The molecule has 1 heterocycles. The number of aromatic nitrogens is 1. The van der Waals surface area contributed by atoms with E-state index in [0.717, 1.165) is 23.1 Å². The van der Waals surface area contributed by atoms with Crippen LogP contribution in [0.15, 0.2) is 43.0 Å². The number of para-hydroxylation sites is 1. The molecule has 0 radical (unpaired) electrons. The van der Waals surface area contributed by atoms with Gasteiger partial charge in [0.15, 0.2) is 0 Å². The van der Waals surface area contributed by atoms with Gasteiger partial charge in [-0.3, -0.25) is 4.98 Å². The van der Waals surface area contributed by atoms with Gasteiger partial charge in [0.25, 0.3) is 0 Å². The minimum absolute atomic E-state index is 0.00415. The SMILES string of the molecule is C=CCN(c1cc(CN)nc2ccccc12)C(C)(C)C. The minimum atomic E-state index is 0.00415. The highest BCUT2D eigenvalue weighted by molar-refractivity contribution is 5.92. The Morgan fingerprint density at radius 2 is 2.00 bits per heavy atom. The number of hydrogen-bond acceptors (Lipinski definition) is 3. The van der Waals surface area contributed by atoms with Crippen molar-refractivity contribution < 1.29 is 0 Å². The smallest absolute Gasteiger partial charge is 0.0726 e. The average Bonchev–Trinajstić information content (AvgIpc) is 2.42. The molecule has 0 saturated heterocycles. The molecule has 0 saturated carbocycles. The van der Waals surface area contributed by atoms with Gasteiger partial charge in [-0.1, -0.05) is 24.3 Å². The van der Waals surface area contributed by atoms with E-state index in [9.17, 15) is 0 Å². The first-order valence-electron chi connectivity index (χ1n) is 6.94. The lowest BCUT2D eigenvalue weighted by molar-refractivity contribution is 0.523. The molecule has 0 aliphatic carbocycles. The summed E-state index contributed by atoms with van der Waals surface area (Å²) in [5, 5.41) is 1.15. The van der Waals surface area contributed by atoms with Gasteiger partial charge in [0.05, 0.1) is 11.2 Å². The molecular weight excluding hydrogens is 246 g/mol. The monoisotopic (exact) mass is 269 g/mol. The van der Waals surface area contributed by atoms with Gasteiger partial charge in [-0.2, -0.15) is 0 Å². The molecule has 0 amide bonds. The molecule has 2 aromatic rings. The Balaban J connectivity index is 2.69. The Labute approximate surface area is 121 Å². The van der Waals surface area contributed by atoms with Gasteiger partial charge in [0, 0.05) is 29.7 Å². The van der Waals surface area contributed by atoms with Crippen molar-refractivity contribution in [3.05, 3.63) is 48.7 Å². The Kier molecular flexibility index (Phi) is 4.09. The number of benzene rings is 1. The quantitative estimate of drug-likeness (QED) is 0.864. The van der Waals surface area contributed by atoms with E-state index in [4.69, 9.17) is 5.73 Å². The van der Waals surface area contributed by atoms with Crippen LogP contribution in [0.4, 0.5) is 5.69 Å². The second kappa shape index (κ2) is 5.63. The molecule has 2 rings (SSSR count). The number of fused-ring (bicyclic) bond motifs is 1. The molecule has 106 valence electrons. The molecule has 0 unspecified atom stereocenters. The average molecular weight is 269 g/mol. The first-order valence-corrected chi connectivity index (χ1v) is 6.94. The molecule has 3 heteroatoms. The van der Waals surface area contributed by atoms with Crippen molar-refractivity contribution in [3.8, 4) is 0 Å². The Morgan fingerprint density at radius 1 is 1.30 bits per heavy atom. The summed E-state index contributed by atoms with van der Waals surface area (Å²) in [6.07, 6.45) is 1.93. The molecule has 0 fully saturated rings. The maximum Gasteiger partial charge on any atom is 0.0726 e. The molecule has 0 atom stereocenters. The van der Waals surface area contributed by atoms with Crippen molar-refractivity contribution in [1.29, 1.82) is 0 Å². The highest BCUT2D eigenvalue weighted by Crippen LogP contribution is 2.31. The van der Waals surface area contributed by atoms with Crippen LogP contribution in [0.25, 0.3) is 10.9 Å². The third kappa shape index (κ3) is 2.83. The largest absolute Gasteiger partial charge is 0.362 e. The van der Waals surface area contributed by atoms with Gasteiger partial charge in [-0.15, -0.1) is 6.58 Å². The predicted octanol–water partition coefficient (Wildman–Crippen LogP) is 3.48. The lowest BCUT2D eigenvalue weighted by atomic mass is 10.0. The van der Waals surface area contributed by atoms with E-state index in [2.05, 4.69) is 49.4 Å². The van der Waals surface area contributed by atoms with Crippen molar-refractivity contribution in [1.82, 2.24) is 4.98 Å². The molecule has 3 nitrogen and oxygen atoms in total. The fourth-order valence-corrected chi connectivity index (χ4v) is 2.40. The third-order valence-electron chi connectivity index (χ3n) is 3.37. The van der Waals surface area contributed by atoms with E-state index < -0.39 is 0 Å². The predicted molar refractivity (Wildman–Crippen MR) is 86.9 cm³/mol. The zero-order chi connectivity index (χ0) is 14.8. The number of pyridine rings is 1. The van der Waals surface area contributed by atoms with Crippen LogP contribution < -0.4 is 10.6 Å². The molecule has 0 spiro atoms. The molecule has 2 N–H and O–H groups in total. The minimum Gasteiger partial charge on any atom is -0.362 e. The van der Waals surface area contributed by atoms with E-state index >= 15 is 0 Å². The van der Waals surface area contributed by atoms with Crippen LogP contribution in [0.5, 0.6) is 0 Å². The highest BCUT2D eigenvalue weighted by atomic mass is 15.2. The van der Waals surface area contributed by atoms with Crippen molar-refractivity contribution in [3.63, 3.8) is 0 Å². The molecule has 0 aliphatic heterocycles. The lowest BCUT2D eigenvalue weighted by Gasteiger charge is -2.38. The molecule has 0 bridgehead atoms. The number of hydrogen-bond donors (Lipinski definition) is 1. The van der Waals surface area contributed by atoms with Crippen molar-refractivity contribution in [2.45, 2.75) is 32.9 Å². The van der Waals surface area contributed by atoms with Crippen molar-refractivity contribution in [2.75, 3.05) is 11.4 Å². The second-order valence-corrected chi connectivity index (χ2v) is 5.92. The summed E-state index contributed by atoms with van der Waals surface area (Å²) in [7, 11) is 0. The highest BCUT2D eigenvalue weighted by Gasteiger charge is 2.22. The lowest BCUT2D eigenvalue weighted by Crippen LogP contribution is -2.41. The molecular formula is C17H23N3. The summed E-state index contributed by atoms with van der Waals surface area (Å²) in [6, 6.07) is 10.3. The van der Waals surface area contributed by atoms with E-state index in [1.165, 1.54) is 5.69 Å². The van der Waals surface area contributed by atoms with Crippen LogP contribution in [0.2, 0.25) is 0 Å². The van der Waals surface area contributed by atoms with Gasteiger partial charge in [-0.25, -0.2) is 0 Å². The van der Waals surface area contributed by atoms with Gasteiger partial charge < -0.3 is 10.6 Å². The number of nitrogens with two attached hydrogens (primary N) is 1. The summed E-state index contributed by atoms with van der Waals surface area (Å²) in [4.78, 5) is 6.94. The Bertz CT molecular complexity index is 611. The van der Waals surface area contributed by atoms with E-state index in [1.54, 1.807) is 0 Å². The summed E-state index contributed by atoms with van der Waals surface area (Å²) >= 11 is 0. The van der Waals surface area contributed by atoms with E-state index in [-0.39, 0.29) is 5.54 Å². The van der Waals surface area contributed by atoms with Gasteiger partial charge >= 0.3 is 0 Å². The van der Waals surface area contributed by atoms with Crippen molar-refractivity contribution >= 4 is 16.6 Å². The first kappa shape index (κ1) is 14.5. The maximum absolute atomic E-state index is 5.79. The number of nitrogens with zero attached hydrogens (tertiary/aromatic N) is 2. The van der Waals surface area contributed by atoms with Gasteiger partial charge in [0.1, 0.15) is 0 Å². The normalized spacial score (nSPS) is 11.6. The standard InChI is InChI=1S/C17H23N3/c1-5-10-20(17(2,3)4)16-11-13(12-18)19-15-9-7-6-8-14(15)16/h5-9,11H,1,10,12,18H2,2-4H3. The number of rotatable bonds is 4. The molecule has 0 aliphatic rings. The molecule has 1 aromatic carbocycles. The van der Waals surface area contributed by atoms with Crippen LogP contribution in [-0.2, 0) is 6.54 Å². The third-order valence-corrected chi connectivity index (χ3v) is 3.37. The van der Waals surface area contributed by atoms with Crippen LogP contribution in [0.1, 0.15) is 26.5 Å². The molecule has 1 aromatic heterocycles. The van der Waals surface area contributed by atoms with Gasteiger partial charge in [-0.05, 0) is 32.9 Å². The second-order valence-electron chi connectivity index (χ2n) is 5.92. The van der Waals surface area contributed by atoms with Gasteiger partial charge in [0.2, 0.25) is 0 Å². The molecule has 20 heavy (non-hydrogen) atoms. The van der Waals surface area contributed by atoms with E-state index in [1.807, 2.05) is 24.3 Å². The zero-order valence-electron chi connectivity index (χ0n) is 12.6. The van der Waals surface area contributed by atoms with E-state index in [0.29, 0.717) is 6.54 Å². The van der Waals surface area contributed by atoms with Crippen LogP contribution >= 0.6 is 0 Å². The maximum atomic E-state index is 5.79. The zero-order valence-corrected chi connectivity index (χ0v) is 12.6. The summed E-state index contributed by atoms with van der Waals surface area (Å²) in [5.74, 6) is 0. The van der Waals surface area contributed by atoms with Crippen molar-refractivity contribution in [2.24, 2.45) is 5.73 Å². The van der Waals surface area contributed by atoms with Crippen LogP contribution in [0.3, 0.4) is 0 Å². The first-order chi connectivity index (χ1) is 9.47. The summed E-state index contributed by atoms with van der Waals surface area (Å²) in [6.45, 7) is 11.7. The summed E-state index contributed by atoms with van der Waals surface area (Å²) < 4.78 is 0. The Morgan fingerprint density at radius 3 is 2.60 bits per heavy atom. The fourth-order valence-electron chi connectivity index (χ4n) is 2.40. The van der Waals surface area contributed by atoms with Crippen LogP contribution in [0, 0.1) is 0 Å².